The highest BCUT2D eigenvalue weighted by atomic mass is 35.5. The van der Waals surface area contributed by atoms with Crippen LogP contribution < -0.4 is 0 Å². The van der Waals surface area contributed by atoms with Gasteiger partial charge in [0.2, 0.25) is 0 Å². The Morgan fingerprint density at radius 2 is 1.53 bits per heavy atom. The molecule has 0 aromatic heterocycles. The third kappa shape index (κ3) is 4.11. The van der Waals surface area contributed by atoms with Gasteiger partial charge in [0, 0.05) is 21.9 Å². The summed E-state index contributed by atoms with van der Waals surface area (Å²) >= 11 is 5.39. The molecule has 0 aliphatic rings. The van der Waals surface area contributed by atoms with Crippen LogP contribution in [0.25, 0.3) is 0 Å². The van der Waals surface area contributed by atoms with Crippen LogP contribution in [0, 0.1) is 28.6 Å². The first-order valence-electron chi connectivity index (χ1n) is 4.77. The Morgan fingerprint density at radius 3 is 2.00 bits per heavy atom. The second-order valence-corrected chi connectivity index (χ2v) is 4.45. The van der Waals surface area contributed by atoms with Gasteiger partial charge in [-0.05, 0) is 50.4 Å². The minimum Gasteiger partial charge on any atom is -0.0919 e. The summed E-state index contributed by atoms with van der Waals surface area (Å²) in [6, 6.07) is 7.75. The summed E-state index contributed by atoms with van der Waals surface area (Å²) in [7, 11) is 0. The molecule has 0 spiro atoms. The molecule has 0 amide bonds. The fraction of sp³-hybridized carbons (Fsp3) is 0.286. The van der Waals surface area contributed by atoms with E-state index in [0.29, 0.717) is 0 Å². The highest BCUT2D eigenvalue weighted by Gasteiger charge is 2.03. The molecule has 0 unspecified atom stereocenters. The highest BCUT2D eigenvalue weighted by molar-refractivity contribution is 6.30. The Balaban J connectivity index is 3.12. The summed E-state index contributed by atoms with van der Waals surface area (Å²) in [6.07, 6.45) is 0. The van der Waals surface area contributed by atoms with Gasteiger partial charge in [-0.3, -0.25) is 0 Å². The van der Waals surface area contributed by atoms with Gasteiger partial charge in [0.05, 0.1) is 0 Å². The maximum atomic E-state index is 5.39. The molecule has 1 aromatic carbocycles. The Morgan fingerprint density at radius 1 is 1.00 bits per heavy atom. The molecule has 0 N–H and O–H groups in total. The zero-order valence-corrected chi connectivity index (χ0v) is 9.94. The maximum Gasteiger partial charge on any atom is 0.0414 e. The molecule has 0 fully saturated rings. The van der Waals surface area contributed by atoms with Crippen molar-refractivity contribution in [3.8, 4) is 23.1 Å². The van der Waals surface area contributed by atoms with Crippen molar-refractivity contribution in [1.29, 1.82) is 0 Å². The lowest BCUT2D eigenvalue weighted by Gasteiger charge is -2.07. The molecule has 0 aliphatic carbocycles. The zero-order chi connectivity index (χ0) is 11.3. The van der Waals surface area contributed by atoms with Crippen molar-refractivity contribution < 1.29 is 0 Å². The van der Waals surface area contributed by atoms with E-state index in [9.17, 15) is 0 Å². The van der Waals surface area contributed by atoms with Crippen LogP contribution in [-0.2, 0) is 0 Å². The lowest BCUT2D eigenvalue weighted by Crippen LogP contribution is -1.99. The predicted octanol–water partition coefficient (Wildman–Crippen LogP) is 3.63. The number of halogens is 1. The van der Waals surface area contributed by atoms with Gasteiger partial charge in [0.25, 0.3) is 0 Å². The Bertz CT molecular complexity index is 456. The minimum atomic E-state index is 0.00149. The molecule has 1 heteroatoms. The van der Waals surface area contributed by atoms with E-state index in [2.05, 4.69) is 43.9 Å². The number of hydrogen-bond donors (Lipinski definition) is 0. The first-order chi connectivity index (χ1) is 7.03. The summed E-state index contributed by atoms with van der Waals surface area (Å²) in [5, 5.41) is 2.38. The second-order valence-electron chi connectivity index (χ2n) is 4.27. The topological polar surface area (TPSA) is 0 Å². The van der Waals surface area contributed by atoms with Crippen LogP contribution in [0.5, 0.6) is 0 Å². The molecule has 0 aliphatic heterocycles. The predicted molar refractivity (Wildman–Crippen MR) is 65.5 cm³/mol. The maximum absolute atomic E-state index is 5.39. The first-order valence-corrected chi connectivity index (χ1v) is 5.14. The van der Waals surface area contributed by atoms with E-state index in [1.54, 1.807) is 0 Å². The van der Waals surface area contributed by atoms with Crippen molar-refractivity contribution in [1.82, 2.24) is 0 Å². The van der Waals surface area contributed by atoms with Crippen molar-refractivity contribution in [2.45, 2.75) is 20.8 Å². The molecule has 76 valence electrons. The molecular weight excluding hydrogens is 204 g/mol. The van der Waals surface area contributed by atoms with E-state index in [-0.39, 0.29) is 5.41 Å². The van der Waals surface area contributed by atoms with Crippen LogP contribution in [0.4, 0.5) is 0 Å². The quantitative estimate of drug-likeness (QED) is 0.581. The summed E-state index contributed by atoms with van der Waals surface area (Å²) in [5.41, 5.74) is 1.81. The van der Waals surface area contributed by atoms with Gasteiger partial charge in [-0.25, -0.2) is 0 Å². The standard InChI is InChI=1S/C14H13Cl/c1-14(2,3)10-8-12-6-4-5-7-13(12)9-11-15/h4-7H,1-3H3. The smallest absolute Gasteiger partial charge is 0.0414 e. The lowest BCUT2D eigenvalue weighted by molar-refractivity contribution is 0.571. The van der Waals surface area contributed by atoms with Crippen molar-refractivity contribution in [2.75, 3.05) is 0 Å². The van der Waals surface area contributed by atoms with Gasteiger partial charge in [-0.2, -0.15) is 0 Å². The summed E-state index contributed by atoms with van der Waals surface area (Å²) < 4.78 is 0. The molecule has 0 bridgehead atoms. The molecule has 0 saturated heterocycles. The average Bonchev–Trinajstić information content (AvgIpc) is 2.16. The number of hydrogen-bond acceptors (Lipinski definition) is 0. The molecule has 1 rings (SSSR count). The summed E-state index contributed by atoms with van der Waals surface area (Å²) in [4.78, 5) is 0. The van der Waals surface area contributed by atoms with Crippen molar-refractivity contribution in [3.05, 3.63) is 35.4 Å². The molecule has 0 heterocycles. The molecule has 1 aromatic rings. The van der Waals surface area contributed by atoms with Crippen LogP contribution in [0.15, 0.2) is 24.3 Å². The van der Waals surface area contributed by atoms with E-state index in [1.807, 2.05) is 24.3 Å². The van der Waals surface area contributed by atoms with Crippen LogP contribution in [0.3, 0.4) is 0 Å². The van der Waals surface area contributed by atoms with Gasteiger partial charge in [0.1, 0.15) is 0 Å². The second kappa shape index (κ2) is 4.92. The lowest BCUT2D eigenvalue weighted by atomic mass is 9.97. The molecule has 0 atom stereocenters. The molecule has 15 heavy (non-hydrogen) atoms. The summed E-state index contributed by atoms with van der Waals surface area (Å²) in [6.45, 7) is 6.24. The zero-order valence-electron chi connectivity index (χ0n) is 9.19. The Labute approximate surface area is 96.7 Å². The van der Waals surface area contributed by atoms with Gasteiger partial charge >= 0.3 is 0 Å². The minimum absolute atomic E-state index is 0.00149. The molecule has 0 radical (unpaired) electrons. The normalized spacial score (nSPS) is 9.60. The average molecular weight is 217 g/mol. The molecular formula is C14H13Cl. The van der Waals surface area contributed by atoms with Crippen LogP contribution in [0.2, 0.25) is 0 Å². The molecule has 0 nitrogen and oxygen atoms in total. The number of benzene rings is 1. The fourth-order valence-electron chi connectivity index (χ4n) is 1.01. The van der Waals surface area contributed by atoms with Crippen LogP contribution >= 0.6 is 11.6 Å². The van der Waals surface area contributed by atoms with E-state index < -0.39 is 0 Å². The van der Waals surface area contributed by atoms with Crippen molar-refractivity contribution in [3.63, 3.8) is 0 Å². The van der Waals surface area contributed by atoms with Gasteiger partial charge < -0.3 is 0 Å². The largest absolute Gasteiger partial charge is 0.0919 e. The Hall–Kier alpha value is -1.37. The van der Waals surface area contributed by atoms with E-state index >= 15 is 0 Å². The van der Waals surface area contributed by atoms with Crippen molar-refractivity contribution >= 4 is 11.6 Å². The monoisotopic (exact) mass is 216 g/mol. The van der Waals surface area contributed by atoms with Crippen molar-refractivity contribution in [2.24, 2.45) is 5.41 Å². The highest BCUT2D eigenvalue weighted by Crippen LogP contribution is 2.12. The van der Waals surface area contributed by atoms with E-state index in [1.165, 1.54) is 0 Å². The first kappa shape index (κ1) is 11.7. The number of rotatable bonds is 0. The van der Waals surface area contributed by atoms with E-state index in [4.69, 9.17) is 11.6 Å². The summed E-state index contributed by atoms with van der Waals surface area (Å²) in [5.74, 6) is 9.13. The van der Waals surface area contributed by atoms with Gasteiger partial charge in [0.15, 0.2) is 0 Å². The van der Waals surface area contributed by atoms with Gasteiger partial charge in [-0.15, -0.1) is 0 Å². The van der Waals surface area contributed by atoms with Crippen LogP contribution in [0.1, 0.15) is 31.9 Å². The fourth-order valence-corrected chi connectivity index (χ4v) is 1.11. The third-order valence-electron chi connectivity index (χ3n) is 1.68. The Kier molecular flexibility index (Phi) is 3.84. The third-order valence-corrected chi connectivity index (χ3v) is 1.78. The van der Waals surface area contributed by atoms with E-state index in [0.717, 1.165) is 11.1 Å². The SMILES string of the molecule is CC(C)(C)C#Cc1ccccc1C#CCl. The van der Waals surface area contributed by atoms with Gasteiger partial charge in [-0.1, -0.05) is 24.0 Å². The van der Waals surface area contributed by atoms with Crippen LogP contribution in [-0.4, -0.2) is 0 Å². The molecule has 0 saturated carbocycles.